The number of carbonyl (C=O) groups is 3. The van der Waals surface area contributed by atoms with Crippen molar-refractivity contribution in [2.45, 2.75) is 12.8 Å². The van der Waals surface area contributed by atoms with Crippen LogP contribution >= 0.6 is 0 Å². The molecule has 6 heteroatoms. The lowest BCUT2D eigenvalue weighted by Gasteiger charge is -1.85. The maximum Gasteiger partial charge on any atom is 0.303 e. The zero-order valence-electron chi connectivity index (χ0n) is 6.90. The van der Waals surface area contributed by atoms with Gasteiger partial charge in [0.1, 0.15) is 0 Å². The Hall–Kier alpha value is -1.85. The molecule has 4 N–H and O–H groups in total. The van der Waals surface area contributed by atoms with E-state index in [2.05, 4.69) is 12.3 Å². The molecule has 0 aliphatic heterocycles. The monoisotopic (exact) mass is 189 g/mol. The number of primary amides is 1. The molecule has 0 fully saturated rings. The average molecular weight is 189 g/mol. The molecule has 0 radical (unpaired) electrons. The fourth-order valence-corrected chi connectivity index (χ4v) is 0.214. The molecule has 0 atom stereocenters. The molecule has 0 bridgehead atoms. The van der Waals surface area contributed by atoms with Crippen LogP contribution in [-0.2, 0) is 14.4 Å². The molecule has 0 saturated carbocycles. The lowest BCUT2D eigenvalue weighted by atomic mass is 10.3. The van der Waals surface area contributed by atoms with Crippen LogP contribution in [0.3, 0.4) is 0 Å². The van der Waals surface area contributed by atoms with Crippen molar-refractivity contribution < 1.29 is 24.6 Å². The smallest absolute Gasteiger partial charge is 0.303 e. The third kappa shape index (κ3) is 25.4. The van der Waals surface area contributed by atoms with Gasteiger partial charge in [0.15, 0.2) is 0 Å². The van der Waals surface area contributed by atoms with Gasteiger partial charge in [-0.2, -0.15) is 0 Å². The lowest BCUT2D eigenvalue weighted by molar-refractivity contribution is -0.143. The van der Waals surface area contributed by atoms with Gasteiger partial charge >= 0.3 is 11.9 Å². The van der Waals surface area contributed by atoms with E-state index >= 15 is 0 Å². The molecule has 6 nitrogen and oxygen atoms in total. The number of nitrogens with two attached hydrogens (primary N) is 1. The highest BCUT2D eigenvalue weighted by molar-refractivity contribution is 5.84. The van der Waals surface area contributed by atoms with Crippen LogP contribution < -0.4 is 5.73 Å². The second-order valence-corrected chi connectivity index (χ2v) is 1.89. The predicted molar refractivity (Wildman–Crippen MR) is 43.9 cm³/mol. The summed E-state index contributed by atoms with van der Waals surface area (Å²) in [7, 11) is 0. The third-order valence-corrected chi connectivity index (χ3v) is 0.754. The number of carboxylic acid groups (broad SMARTS) is 2. The first-order valence-electron chi connectivity index (χ1n) is 3.25. The molecular weight excluding hydrogens is 178 g/mol. The summed E-state index contributed by atoms with van der Waals surface area (Å²) in [5.74, 6) is -2.63. The summed E-state index contributed by atoms with van der Waals surface area (Å²) >= 11 is 0. The van der Waals surface area contributed by atoms with E-state index in [1.165, 1.54) is 0 Å². The van der Waals surface area contributed by atoms with Gasteiger partial charge in [-0.25, -0.2) is 0 Å². The van der Waals surface area contributed by atoms with E-state index in [0.29, 0.717) is 0 Å². The predicted octanol–water partition coefficient (Wildman–Crippen LogP) is -0.406. The molecule has 13 heavy (non-hydrogen) atoms. The Morgan fingerprint density at radius 1 is 1.15 bits per heavy atom. The van der Waals surface area contributed by atoms with Crippen molar-refractivity contribution in [1.82, 2.24) is 0 Å². The molecule has 0 saturated heterocycles. The van der Waals surface area contributed by atoms with E-state index in [9.17, 15) is 14.4 Å². The summed E-state index contributed by atoms with van der Waals surface area (Å²) in [6.45, 7) is 3.09. The number of hydrogen-bond donors (Lipinski definition) is 3. The second kappa shape index (κ2) is 8.25. The Morgan fingerprint density at radius 2 is 1.38 bits per heavy atom. The number of aliphatic carboxylic acids is 2. The van der Waals surface area contributed by atoms with Crippen molar-refractivity contribution in [1.29, 1.82) is 0 Å². The summed E-state index contributed by atoms with van der Waals surface area (Å²) < 4.78 is 0. The Morgan fingerprint density at radius 3 is 1.46 bits per heavy atom. The molecule has 0 aliphatic carbocycles. The second-order valence-electron chi connectivity index (χ2n) is 1.89. The first-order chi connectivity index (χ1) is 5.90. The van der Waals surface area contributed by atoms with E-state index < -0.39 is 17.8 Å². The highest BCUT2D eigenvalue weighted by Gasteiger charge is 2.00. The minimum absolute atomic E-state index is 0.296. The summed E-state index contributed by atoms with van der Waals surface area (Å²) in [5.41, 5.74) is 4.53. The Bertz CT molecular complexity index is 197. The highest BCUT2D eigenvalue weighted by atomic mass is 16.4. The fourth-order valence-electron chi connectivity index (χ4n) is 0.214. The number of carboxylic acids is 2. The van der Waals surface area contributed by atoms with Gasteiger partial charge in [-0.15, -0.1) is 0 Å². The van der Waals surface area contributed by atoms with Gasteiger partial charge in [-0.3, -0.25) is 14.4 Å². The molecule has 0 rings (SSSR count). The van der Waals surface area contributed by atoms with Crippen LogP contribution in [-0.4, -0.2) is 28.1 Å². The van der Waals surface area contributed by atoms with Gasteiger partial charge in [0.05, 0.1) is 12.8 Å². The van der Waals surface area contributed by atoms with Crippen molar-refractivity contribution in [3.8, 4) is 0 Å². The van der Waals surface area contributed by atoms with E-state index in [-0.39, 0.29) is 12.8 Å². The summed E-state index contributed by atoms with van der Waals surface area (Å²) in [5, 5.41) is 15.8. The van der Waals surface area contributed by atoms with E-state index in [1.807, 2.05) is 0 Å². The van der Waals surface area contributed by atoms with Crippen LogP contribution in [0, 0.1) is 0 Å². The van der Waals surface area contributed by atoms with Crippen LogP contribution in [0.1, 0.15) is 12.8 Å². The molecule has 0 aliphatic rings. The molecule has 0 aromatic heterocycles. The summed E-state index contributed by atoms with van der Waals surface area (Å²) in [4.78, 5) is 28.8. The average Bonchev–Trinajstić information content (AvgIpc) is 2.02. The molecule has 1 amide bonds. The van der Waals surface area contributed by atoms with Crippen molar-refractivity contribution in [3.05, 3.63) is 12.7 Å². The highest BCUT2D eigenvalue weighted by Crippen LogP contribution is 1.86. The molecular formula is C7H11NO5. The molecule has 0 heterocycles. The van der Waals surface area contributed by atoms with Crippen LogP contribution in [0.2, 0.25) is 0 Å². The van der Waals surface area contributed by atoms with Crippen molar-refractivity contribution in [2.24, 2.45) is 5.73 Å². The fraction of sp³-hybridized carbons (Fsp3) is 0.286. The Labute approximate surface area is 74.7 Å². The molecule has 0 aromatic rings. The van der Waals surface area contributed by atoms with Crippen LogP contribution in [0.25, 0.3) is 0 Å². The number of amides is 1. The third-order valence-electron chi connectivity index (χ3n) is 0.754. The Balaban J connectivity index is 0. The number of carbonyl (C=O) groups excluding carboxylic acids is 1. The van der Waals surface area contributed by atoms with Gasteiger partial charge in [0, 0.05) is 0 Å². The van der Waals surface area contributed by atoms with Crippen LogP contribution in [0.5, 0.6) is 0 Å². The van der Waals surface area contributed by atoms with E-state index in [4.69, 9.17) is 10.2 Å². The summed E-state index contributed by atoms with van der Waals surface area (Å²) in [6.07, 6.45) is 0.463. The maximum atomic E-state index is 9.64. The van der Waals surface area contributed by atoms with Crippen LogP contribution in [0.15, 0.2) is 12.7 Å². The quantitative estimate of drug-likeness (QED) is 0.519. The zero-order valence-corrected chi connectivity index (χ0v) is 6.90. The molecule has 0 aromatic carbocycles. The van der Waals surface area contributed by atoms with Gasteiger partial charge in [-0.05, 0) is 6.08 Å². The number of hydrogen-bond acceptors (Lipinski definition) is 3. The standard InChI is InChI=1S/C4H6O4.C3H5NO/c5-3(6)1-2-4(7)8;1-2-3(4)5/h1-2H2,(H,5,6)(H,7,8);2H,1H2,(H2,4,5). The van der Waals surface area contributed by atoms with E-state index in [1.54, 1.807) is 0 Å². The Kier molecular flexibility index (Phi) is 8.71. The van der Waals surface area contributed by atoms with Gasteiger partial charge in [0.2, 0.25) is 5.91 Å². The topological polar surface area (TPSA) is 118 Å². The van der Waals surface area contributed by atoms with Crippen molar-refractivity contribution in [3.63, 3.8) is 0 Å². The normalized spacial score (nSPS) is 7.69. The largest absolute Gasteiger partial charge is 0.481 e. The summed E-state index contributed by atoms with van der Waals surface area (Å²) in [6, 6.07) is 0. The first kappa shape index (κ1) is 13.7. The van der Waals surface area contributed by atoms with Gasteiger partial charge in [-0.1, -0.05) is 6.58 Å². The van der Waals surface area contributed by atoms with E-state index in [0.717, 1.165) is 6.08 Å². The molecule has 0 spiro atoms. The van der Waals surface area contributed by atoms with Gasteiger partial charge < -0.3 is 15.9 Å². The molecule has 0 unspecified atom stereocenters. The van der Waals surface area contributed by atoms with Crippen LogP contribution in [0.4, 0.5) is 0 Å². The lowest BCUT2D eigenvalue weighted by Crippen LogP contribution is -2.04. The van der Waals surface area contributed by atoms with Gasteiger partial charge in [0.25, 0.3) is 0 Å². The first-order valence-corrected chi connectivity index (χ1v) is 3.25. The molecule has 74 valence electrons. The SMILES string of the molecule is C=CC(N)=O.O=C(O)CCC(=O)O. The minimum atomic E-state index is -1.08. The maximum absolute atomic E-state index is 9.64. The number of rotatable bonds is 4. The zero-order chi connectivity index (χ0) is 10.9. The van der Waals surface area contributed by atoms with Crippen molar-refractivity contribution in [2.75, 3.05) is 0 Å². The van der Waals surface area contributed by atoms with Crippen molar-refractivity contribution >= 4 is 17.8 Å². The minimum Gasteiger partial charge on any atom is -0.481 e.